The SMILES string of the molecule is Cc1ncccc1Oc1ncnc(Cl)c1C. The zero-order chi connectivity index (χ0) is 11.5. The first-order valence-corrected chi connectivity index (χ1v) is 5.13. The quantitative estimate of drug-likeness (QED) is 0.751. The van der Waals surface area contributed by atoms with Gasteiger partial charge in [0.25, 0.3) is 0 Å². The average molecular weight is 236 g/mol. The van der Waals surface area contributed by atoms with Crippen LogP contribution in [-0.2, 0) is 0 Å². The third-order valence-corrected chi connectivity index (χ3v) is 2.52. The summed E-state index contributed by atoms with van der Waals surface area (Å²) < 4.78 is 5.62. The van der Waals surface area contributed by atoms with Crippen molar-refractivity contribution in [2.24, 2.45) is 0 Å². The van der Waals surface area contributed by atoms with E-state index in [1.54, 1.807) is 12.3 Å². The van der Waals surface area contributed by atoms with Crippen LogP contribution in [0.5, 0.6) is 11.6 Å². The predicted molar refractivity (Wildman–Crippen MR) is 60.8 cm³/mol. The van der Waals surface area contributed by atoms with Crippen molar-refractivity contribution in [3.05, 3.63) is 41.1 Å². The van der Waals surface area contributed by atoms with E-state index in [9.17, 15) is 0 Å². The molecule has 0 aliphatic heterocycles. The summed E-state index contributed by atoms with van der Waals surface area (Å²) in [7, 11) is 0. The molecule has 2 aromatic rings. The summed E-state index contributed by atoms with van der Waals surface area (Å²) in [5, 5.41) is 0.395. The number of pyridine rings is 1. The lowest BCUT2D eigenvalue weighted by atomic mass is 10.3. The van der Waals surface area contributed by atoms with Crippen LogP contribution >= 0.6 is 11.6 Å². The molecule has 2 rings (SSSR count). The van der Waals surface area contributed by atoms with Crippen molar-refractivity contribution in [1.82, 2.24) is 15.0 Å². The van der Waals surface area contributed by atoms with Gasteiger partial charge in [0.1, 0.15) is 11.5 Å². The molecular formula is C11H10ClN3O. The second kappa shape index (κ2) is 4.45. The maximum Gasteiger partial charge on any atom is 0.226 e. The molecule has 0 spiro atoms. The molecule has 0 aliphatic carbocycles. The van der Waals surface area contributed by atoms with Gasteiger partial charge < -0.3 is 4.74 Å². The molecule has 0 radical (unpaired) electrons. The van der Waals surface area contributed by atoms with Gasteiger partial charge in [0, 0.05) is 11.8 Å². The monoisotopic (exact) mass is 235 g/mol. The van der Waals surface area contributed by atoms with Crippen LogP contribution in [0.3, 0.4) is 0 Å². The lowest BCUT2D eigenvalue weighted by molar-refractivity contribution is 0.451. The minimum absolute atomic E-state index is 0.395. The van der Waals surface area contributed by atoms with Crippen LogP contribution < -0.4 is 4.74 Å². The van der Waals surface area contributed by atoms with Crippen LogP contribution in [0.15, 0.2) is 24.7 Å². The maximum atomic E-state index is 5.87. The number of nitrogens with zero attached hydrogens (tertiary/aromatic N) is 3. The minimum Gasteiger partial charge on any atom is -0.437 e. The number of rotatable bonds is 2. The lowest BCUT2D eigenvalue weighted by Crippen LogP contribution is -1.95. The van der Waals surface area contributed by atoms with Crippen molar-refractivity contribution in [3.8, 4) is 11.6 Å². The zero-order valence-electron chi connectivity index (χ0n) is 8.94. The molecule has 2 aromatic heterocycles. The highest BCUT2D eigenvalue weighted by Gasteiger charge is 2.08. The molecule has 5 heteroatoms. The van der Waals surface area contributed by atoms with Crippen molar-refractivity contribution in [2.45, 2.75) is 13.8 Å². The highest BCUT2D eigenvalue weighted by Crippen LogP contribution is 2.26. The van der Waals surface area contributed by atoms with E-state index in [0.29, 0.717) is 22.3 Å². The first-order valence-electron chi connectivity index (χ1n) is 4.75. The molecule has 0 N–H and O–H groups in total. The third-order valence-electron chi connectivity index (χ3n) is 2.14. The van der Waals surface area contributed by atoms with Crippen LogP contribution in [0.2, 0.25) is 5.15 Å². The van der Waals surface area contributed by atoms with Gasteiger partial charge in [0.15, 0.2) is 5.75 Å². The summed E-state index contributed by atoms with van der Waals surface area (Å²) in [6, 6.07) is 3.64. The fourth-order valence-electron chi connectivity index (χ4n) is 1.20. The molecular weight excluding hydrogens is 226 g/mol. The molecule has 4 nitrogen and oxygen atoms in total. The Labute approximate surface area is 98.3 Å². The maximum absolute atomic E-state index is 5.87. The number of hydrogen-bond donors (Lipinski definition) is 0. The normalized spacial score (nSPS) is 10.2. The van der Waals surface area contributed by atoms with Crippen LogP contribution in [-0.4, -0.2) is 15.0 Å². The van der Waals surface area contributed by atoms with Gasteiger partial charge in [0.05, 0.1) is 5.69 Å². The van der Waals surface area contributed by atoms with Crippen molar-refractivity contribution < 1.29 is 4.74 Å². The Morgan fingerprint density at radius 3 is 2.75 bits per heavy atom. The Kier molecular flexibility index (Phi) is 3.01. The molecule has 2 heterocycles. The molecule has 0 bridgehead atoms. The Morgan fingerprint density at radius 1 is 1.19 bits per heavy atom. The molecule has 82 valence electrons. The highest BCUT2D eigenvalue weighted by atomic mass is 35.5. The van der Waals surface area contributed by atoms with E-state index in [1.165, 1.54) is 6.33 Å². The first-order chi connectivity index (χ1) is 7.68. The average Bonchev–Trinajstić information content (AvgIpc) is 2.28. The first kappa shape index (κ1) is 10.8. The molecule has 16 heavy (non-hydrogen) atoms. The van der Waals surface area contributed by atoms with Gasteiger partial charge in [-0.05, 0) is 26.0 Å². The van der Waals surface area contributed by atoms with Crippen LogP contribution in [0.4, 0.5) is 0 Å². The third kappa shape index (κ3) is 2.12. The van der Waals surface area contributed by atoms with E-state index in [4.69, 9.17) is 16.3 Å². The molecule has 0 amide bonds. The van der Waals surface area contributed by atoms with Crippen molar-refractivity contribution in [1.29, 1.82) is 0 Å². The Hall–Kier alpha value is -1.68. The van der Waals surface area contributed by atoms with Crippen LogP contribution in [0.1, 0.15) is 11.3 Å². The van der Waals surface area contributed by atoms with Gasteiger partial charge in [-0.1, -0.05) is 11.6 Å². The standard InChI is InChI=1S/C11H10ClN3O/c1-7-10(12)14-6-15-11(7)16-9-4-3-5-13-8(9)2/h3-6H,1-2H3. The number of ether oxygens (including phenoxy) is 1. The molecule has 0 fully saturated rings. The molecule has 0 atom stereocenters. The van der Waals surface area contributed by atoms with Gasteiger partial charge in [-0.25, -0.2) is 9.97 Å². The van der Waals surface area contributed by atoms with Crippen LogP contribution in [0.25, 0.3) is 0 Å². The summed E-state index contributed by atoms with van der Waals surface area (Å²) in [6.07, 6.45) is 3.08. The molecule has 0 aromatic carbocycles. The molecule has 0 saturated carbocycles. The van der Waals surface area contributed by atoms with Crippen molar-refractivity contribution in [3.63, 3.8) is 0 Å². The van der Waals surface area contributed by atoms with Crippen LogP contribution in [0, 0.1) is 13.8 Å². The number of hydrogen-bond acceptors (Lipinski definition) is 4. The van der Waals surface area contributed by atoms with Gasteiger partial charge >= 0.3 is 0 Å². The second-order valence-corrected chi connectivity index (χ2v) is 3.64. The fraction of sp³-hybridized carbons (Fsp3) is 0.182. The fourth-order valence-corrected chi connectivity index (χ4v) is 1.32. The summed E-state index contributed by atoms with van der Waals surface area (Å²) >= 11 is 5.87. The Balaban J connectivity index is 2.35. The van der Waals surface area contributed by atoms with E-state index >= 15 is 0 Å². The van der Waals surface area contributed by atoms with Gasteiger partial charge in [-0.2, -0.15) is 0 Å². The number of aromatic nitrogens is 3. The van der Waals surface area contributed by atoms with Gasteiger partial charge in [-0.3, -0.25) is 4.98 Å². The van der Waals surface area contributed by atoms with E-state index in [1.807, 2.05) is 19.9 Å². The van der Waals surface area contributed by atoms with Crippen molar-refractivity contribution in [2.75, 3.05) is 0 Å². The summed E-state index contributed by atoms with van der Waals surface area (Å²) in [5.41, 5.74) is 1.52. The summed E-state index contributed by atoms with van der Waals surface area (Å²) in [6.45, 7) is 3.68. The second-order valence-electron chi connectivity index (χ2n) is 3.28. The van der Waals surface area contributed by atoms with E-state index in [-0.39, 0.29) is 0 Å². The number of halogens is 1. The minimum atomic E-state index is 0.395. The summed E-state index contributed by atoms with van der Waals surface area (Å²) in [4.78, 5) is 12.0. The number of aryl methyl sites for hydroxylation is 1. The smallest absolute Gasteiger partial charge is 0.226 e. The van der Waals surface area contributed by atoms with Gasteiger partial charge in [0.2, 0.25) is 5.88 Å². The molecule has 0 aliphatic rings. The molecule has 0 saturated heterocycles. The largest absolute Gasteiger partial charge is 0.437 e. The van der Waals surface area contributed by atoms with E-state index in [0.717, 1.165) is 5.69 Å². The highest BCUT2D eigenvalue weighted by molar-refractivity contribution is 6.30. The lowest BCUT2D eigenvalue weighted by Gasteiger charge is -2.08. The zero-order valence-corrected chi connectivity index (χ0v) is 9.69. The van der Waals surface area contributed by atoms with Gasteiger partial charge in [-0.15, -0.1) is 0 Å². The Bertz CT molecular complexity index is 516. The van der Waals surface area contributed by atoms with Crippen molar-refractivity contribution >= 4 is 11.6 Å². The predicted octanol–water partition coefficient (Wildman–Crippen LogP) is 2.93. The van der Waals surface area contributed by atoms with E-state index in [2.05, 4.69) is 15.0 Å². The Morgan fingerprint density at radius 2 is 2.00 bits per heavy atom. The van der Waals surface area contributed by atoms with E-state index < -0.39 is 0 Å². The summed E-state index contributed by atoms with van der Waals surface area (Å²) in [5.74, 6) is 1.12. The molecule has 0 unspecified atom stereocenters. The topological polar surface area (TPSA) is 47.9 Å².